The average molecular weight is 390 g/mol. The van der Waals surface area contributed by atoms with E-state index >= 15 is 0 Å². The quantitative estimate of drug-likeness (QED) is 0.575. The van der Waals surface area contributed by atoms with Crippen LogP contribution in [0.4, 0.5) is 10.1 Å². The van der Waals surface area contributed by atoms with Crippen molar-refractivity contribution in [1.82, 2.24) is 24.8 Å². The molecule has 0 aliphatic rings. The molecule has 0 spiro atoms. The van der Waals surface area contributed by atoms with Crippen molar-refractivity contribution in [2.75, 3.05) is 5.32 Å². The van der Waals surface area contributed by atoms with Gasteiger partial charge in [0.25, 0.3) is 5.91 Å². The highest BCUT2D eigenvalue weighted by Crippen LogP contribution is 2.21. The lowest BCUT2D eigenvalue weighted by molar-refractivity contribution is 0.102. The Bertz CT molecular complexity index is 1170. The number of nitrogens with zero attached hydrogens (tertiary/aromatic N) is 5. The van der Waals surface area contributed by atoms with E-state index in [4.69, 9.17) is 0 Å². The van der Waals surface area contributed by atoms with Crippen LogP contribution in [-0.2, 0) is 0 Å². The van der Waals surface area contributed by atoms with Gasteiger partial charge in [-0.05, 0) is 85.8 Å². The predicted molar refractivity (Wildman–Crippen MR) is 107 cm³/mol. The van der Waals surface area contributed by atoms with Gasteiger partial charge in [-0.15, -0.1) is 5.10 Å². The van der Waals surface area contributed by atoms with Crippen molar-refractivity contribution in [3.8, 4) is 11.4 Å². The Hall–Kier alpha value is -3.81. The number of anilines is 1. The lowest BCUT2D eigenvalue weighted by atomic mass is 10.1. The van der Waals surface area contributed by atoms with Crippen molar-refractivity contribution in [2.45, 2.75) is 20.8 Å². The minimum Gasteiger partial charge on any atom is -0.322 e. The smallest absolute Gasteiger partial charge is 0.255 e. The van der Waals surface area contributed by atoms with Crippen molar-refractivity contribution >= 4 is 11.6 Å². The molecule has 0 atom stereocenters. The fourth-order valence-corrected chi connectivity index (χ4v) is 3.25. The SMILES string of the molecule is Cc1nnnn1-c1cc(NC(=O)c2ccc(-n3c(C)ccc3C)cc2)ccc1F. The molecule has 0 unspecified atom stereocenters. The molecule has 1 N–H and O–H groups in total. The van der Waals surface area contributed by atoms with Crippen LogP contribution < -0.4 is 5.32 Å². The number of halogens is 1. The number of carbonyl (C=O) groups is 1. The molecule has 0 aliphatic carbocycles. The van der Waals surface area contributed by atoms with Gasteiger partial charge in [-0.1, -0.05) is 0 Å². The number of benzene rings is 2. The Balaban J connectivity index is 1.56. The van der Waals surface area contributed by atoms with E-state index in [0.29, 0.717) is 17.1 Å². The Kier molecular flexibility index (Phi) is 4.67. The number of hydrogen-bond acceptors (Lipinski definition) is 4. The number of hydrogen-bond donors (Lipinski definition) is 1. The first kappa shape index (κ1) is 18.5. The Labute approximate surface area is 166 Å². The van der Waals surface area contributed by atoms with Crippen LogP contribution in [0.5, 0.6) is 0 Å². The van der Waals surface area contributed by atoms with Crippen LogP contribution in [0.25, 0.3) is 11.4 Å². The van der Waals surface area contributed by atoms with E-state index in [-0.39, 0.29) is 11.6 Å². The van der Waals surface area contributed by atoms with Gasteiger partial charge in [0.05, 0.1) is 0 Å². The maximum absolute atomic E-state index is 14.2. The molecule has 7 nitrogen and oxygen atoms in total. The van der Waals surface area contributed by atoms with E-state index in [9.17, 15) is 9.18 Å². The molecule has 2 aromatic heterocycles. The number of tetrazole rings is 1. The largest absolute Gasteiger partial charge is 0.322 e. The van der Waals surface area contributed by atoms with Crippen LogP contribution in [0.1, 0.15) is 27.6 Å². The number of nitrogens with one attached hydrogen (secondary N) is 1. The van der Waals surface area contributed by atoms with Gasteiger partial charge in [0.1, 0.15) is 11.5 Å². The summed E-state index contributed by atoms with van der Waals surface area (Å²) in [5.41, 5.74) is 4.34. The molecular formula is C21H19FN6O. The maximum atomic E-state index is 14.2. The minimum atomic E-state index is -0.486. The third-order valence-electron chi connectivity index (χ3n) is 4.72. The zero-order valence-corrected chi connectivity index (χ0v) is 16.2. The van der Waals surface area contributed by atoms with Crippen LogP contribution in [-0.4, -0.2) is 30.7 Å². The lowest BCUT2D eigenvalue weighted by Crippen LogP contribution is -2.13. The molecule has 4 rings (SSSR count). The highest BCUT2D eigenvalue weighted by Gasteiger charge is 2.13. The monoisotopic (exact) mass is 390 g/mol. The van der Waals surface area contributed by atoms with E-state index in [1.165, 1.54) is 22.9 Å². The summed E-state index contributed by atoms with van der Waals surface area (Å²) < 4.78 is 17.6. The van der Waals surface area contributed by atoms with E-state index in [2.05, 4.69) is 37.5 Å². The summed E-state index contributed by atoms with van der Waals surface area (Å²) in [5, 5.41) is 13.8. The van der Waals surface area contributed by atoms with Crippen LogP contribution in [0.15, 0.2) is 54.6 Å². The van der Waals surface area contributed by atoms with Gasteiger partial charge in [-0.25, -0.2) is 4.39 Å². The average Bonchev–Trinajstić information content (AvgIpc) is 3.28. The van der Waals surface area contributed by atoms with Crippen molar-refractivity contribution in [3.63, 3.8) is 0 Å². The highest BCUT2D eigenvalue weighted by molar-refractivity contribution is 6.04. The fraction of sp³-hybridized carbons (Fsp3) is 0.143. The predicted octanol–water partition coefficient (Wildman–Crippen LogP) is 3.77. The summed E-state index contributed by atoms with van der Waals surface area (Å²) in [6, 6.07) is 15.7. The summed E-state index contributed by atoms with van der Waals surface area (Å²) in [7, 11) is 0. The minimum absolute atomic E-state index is 0.166. The zero-order valence-electron chi connectivity index (χ0n) is 16.2. The van der Waals surface area contributed by atoms with Crippen molar-refractivity contribution in [2.24, 2.45) is 0 Å². The topological polar surface area (TPSA) is 77.6 Å². The molecule has 2 heterocycles. The maximum Gasteiger partial charge on any atom is 0.255 e. The zero-order chi connectivity index (χ0) is 20.5. The molecular weight excluding hydrogens is 371 g/mol. The van der Waals surface area contributed by atoms with Crippen molar-refractivity contribution < 1.29 is 9.18 Å². The first-order valence-corrected chi connectivity index (χ1v) is 9.05. The van der Waals surface area contributed by atoms with E-state index in [0.717, 1.165) is 17.1 Å². The first-order valence-electron chi connectivity index (χ1n) is 9.05. The lowest BCUT2D eigenvalue weighted by Gasteiger charge is -2.11. The summed E-state index contributed by atoms with van der Waals surface area (Å²) in [6.07, 6.45) is 0. The van der Waals surface area contributed by atoms with Gasteiger partial charge < -0.3 is 9.88 Å². The normalized spacial score (nSPS) is 10.9. The van der Waals surface area contributed by atoms with Gasteiger partial charge in [0.15, 0.2) is 5.82 Å². The fourth-order valence-electron chi connectivity index (χ4n) is 3.25. The summed E-state index contributed by atoms with van der Waals surface area (Å²) in [6.45, 7) is 5.73. The highest BCUT2D eigenvalue weighted by atomic mass is 19.1. The molecule has 0 saturated carbocycles. The molecule has 2 aromatic carbocycles. The first-order chi connectivity index (χ1) is 13.9. The van der Waals surface area contributed by atoms with Gasteiger partial charge >= 0.3 is 0 Å². The molecule has 0 radical (unpaired) electrons. The Morgan fingerprint density at radius 2 is 1.66 bits per heavy atom. The van der Waals surface area contributed by atoms with Gasteiger partial charge in [-0.3, -0.25) is 4.79 Å². The molecule has 0 fully saturated rings. The molecule has 0 bridgehead atoms. The standard InChI is InChI=1S/C21H19FN6O/c1-13-4-5-14(2)27(13)18-9-6-16(7-10-18)21(29)23-17-8-11-19(22)20(12-17)28-15(3)24-25-26-28/h4-12H,1-3H3,(H,23,29). The summed E-state index contributed by atoms with van der Waals surface area (Å²) in [4.78, 5) is 12.6. The molecule has 29 heavy (non-hydrogen) atoms. The third kappa shape index (κ3) is 3.52. The molecule has 146 valence electrons. The number of aryl methyl sites for hydroxylation is 3. The molecule has 4 aromatic rings. The summed E-state index contributed by atoms with van der Waals surface area (Å²) >= 11 is 0. The van der Waals surface area contributed by atoms with E-state index in [1.54, 1.807) is 19.1 Å². The number of carbonyl (C=O) groups excluding carboxylic acids is 1. The molecule has 0 aliphatic heterocycles. The Morgan fingerprint density at radius 1 is 0.966 bits per heavy atom. The van der Waals surface area contributed by atoms with Gasteiger partial charge in [0, 0.05) is 28.3 Å². The van der Waals surface area contributed by atoms with Gasteiger partial charge in [0.2, 0.25) is 0 Å². The summed E-state index contributed by atoms with van der Waals surface area (Å²) in [5.74, 6) is -0.331. The van der Waals surface area contributed by atoms with E-state index < -0.39 is 5.82 Å². The van der Waals surface area contributed by atoms with Crippen molar-refractivity contribution in [3.05, 3.63) is 83.2 Å². The molecule has 8 heteroatoms. The second kappa shape index (κ2) is 7.31. The number of aromatic nitrogens is 5. The second-order valence-electron chi connectivity index (χ2n) is 6.76. The molecule has 1 amide bonds. The van der Waals surface area contributed by atoms with Gasteiger partial charge in [-0.2, -0.15) is 4.68 Å². The Morgan fingerprint density at radius 3 is 2.28 bits per heavy atom. The van der Waals surface area contributed by atoms with Crippen molar-refractivity contribution in [1.29, 1.82) is 0 Å². The van der Waals surface area contributed by atoms with E-state index in [1.807, 2.05) is 26.0 Å². The van der Waals surface area contributed by atoms with Crippen LogP contribution in [0.2, 0.25) is 0 Å². The number of rotatable bonds is 4. The van der Waals surface area contributed by atoms with Crippen LogP contribution in [0.3, 0.4) is 0 Å². The number of amides is 1. The van der Waals surface area contributed by atoms with Crippen LogP contribution in [0, 0.1) is 26.6 Å². The third-order valence-corrected chi connectivity index (χ3v) is 4.72. The molecule has 0 saturated heterocycles. The van der Waals surface area contributed by atoms with Crippen LogP contribution >= 0.6 is 0 Å². The second-order valence-corrected chi connectivity index (χ2v) is 6.76.